The molecular weight excluding hydrogens is 392 g/mol. The maximum Gasteiger partial charge on any atom is 0.233 e. The van der Waals surface area contributed by atoms with Gasteiger partial charge in [-0.3, -0.25) is 4.79 Å². The molecule has 3 aromatic rings. The minimum Gasteiger partial charge on any atom is -0.497 e. The van der Waals surface area contributed by atoms with Gasteiger partial charge in [0, 0.05) is 29.3 Å². The Morgan fingerprint density at radius 2 is 1.87 bits per heavy atom. The second kappa shape index (κ2) is 7.61. The lowest BCUT2D eigenvalue weighted by Crippen LogP contribution is -2.29. The lowest BCUT2D eigenvalue weighted by Gasteiger charge is -2.35. The molecule has 2 heterocycles. The summed E-state index contributed by atoms with van der Waals surface area (Å²) in [4.78, 5) is 13.5. The van der Waals surface area contributed by atoms with E-state index in [9.17, 15) is 4.79 Å². The molecule has 1 aromatic heterocycles. The van der Waals surface area contributed by atoms with Crippen molar-refractivity contribution in [1.29, 1.82) is 0 Å². The molecule has 6 nitrogen and oxygen atoms in total. The van der Waals surface area contributed by atoms with Crippen molar-refractivity contribution in [3.05, 3.63) is 82.2 Å². The van der Waals surface area contributed by atoms with E-state index in [1.807, 2.05) is 43.3 Å². The van der Waals surface area contributed by atoms with Gasteiger partial charge >= 0.3 is 0 Å². The van der Waals surface area contributed by atoms with Crippen LogP contribution in [-0.2, 0) is 4.79 Å². The minimum absolute atomic E-state index is 0.129. The van der Waals surface area contributed by atoms with Gasteiger partial charge < -0.3 is 19.3 Å². The second-order valence-corrected chi connectivity index (χ2v) is 8.01. The van der Waals surface area contributed by atoms with Crippen molar-refractivity contribution >= 4 is 11.7 Å². The summed E-state index contributed by atoms with van der Waals surface area (Å²) in [5.74, 6) is 1.93. The number of methoxy groups -OCH3 is 2. The summed E-state index contributed by atoms with van der Waals surface area (Å²) in [6.45, 7) is 1.90. The van der Waals surface area contributed by atoms with Crippen LogP contribution in [-0.4, -0.2) is 25.2 Å². The van der Waals surface area contributed by atoms with E-state index in [1.54, 1.807) is 14.2 Å². The highest BCUT2D eigenvalue weighted by molar-refractivity contribution is 6.01. The van der Waals surface area contributed by atoms with E-state index >= 15 is 0 Å². The van der Waals surface area contributed by atoms with Gasteiger partial charge in [-0.05, 0) is 30.9 Å². The Bertz CT molecular complexity index is 1180. The first-order chi connectivity index (χ1) is 15.1. The number of anilines is 1. The third-order valence-electron chi connectivity index (χ3n) is 6.28. The number of rotatable bonds is 4. The summed E-state index contributed by atoms with van der Waals surface area (Å²) < 4.78 is 16.7. The summed E-state index contributed by atoms with van der Waals surface area (Å²) >= 11 is 0. The van der Waals surface area contributed by atoms with Crippen LogP contribution < -0.4 is 14.8 Å². The first kappa shape index (κ1) is 19.4. The third kappa shape index (κ3) is 3.19. The van der Waals surface area contributed by atoms with E-state index in [-0.39, 0.29) is 17.6 Å². The van der Waals surface area contributed by atoms with Crippen molar-refractivity contribution in [2.45, 2.75) is 31.6 Å². The van der Waals surface area contributed by atoms with Crippen molar-refractivity contribution in [2.24, 2.45) is 0 Å². The quantitative estimate of drug-likeness (QED) is 0.648. The highest BCUT2D eigenvalue weighted by atomic mass is 16.5. The van der Waals surface area contributed by atoms with E-state index in [0.717, 1.165) is 34.5 Å². The molecule has 158 valence electrons. The molecule has 0 saturated heterocycles. The molecule has 2 aromatic carbocycles. The van der Waals surface area contributed by atoms with Crippen LogP contribution in [0.1, 0.15) is 47.1 Å². The zero-order chi connectivity index (χ0) is 21.5. The highest BCUT2D eigenvalue weighted by Gasteiger charge is 2.42. The predicted molar refractivity (Wildman–Crippen MR) is 117 cm³/mol. The van der Waals surface area contributed by atoms with Gasteiger partial charge in [-0.25, -0.2) is 0 Å². The molecule has 31 heavy (non-hydrogen) atoms. The van der Waals surface area contributed by atoms with Gasteiger partial charge in [0.1, 0.15) is 11.5 Å². The molecule has 0 saturated carbocycles. The van der Waals surface area contributed by atoms with Crippen molar-refractivity contribution in [3.63, 3.8) is 0 Å². The Morgan fingerprint density at radius 3 is 2.61 bits per heavy atom. The zero-order valence-electron chi connectivity index (χ0n) is 17.8. The SMILES string of the molecule is COc1ccc([C@@H]2C3=C(C[C@@H](c4ccccc4)CC3=O)Nc3onc(C)c32)c(OC)c1. The standard InChI is InChI=1S/C25H24N2O4/c1-14-22-23(18-10-9-17(29-2)13-21(18)30-3)24-19(26-25(22)31-27-14)11-16(12-20(24)28)15-7-5-4-6-8-15/h4-10,13,16,23,26H,11-12H2,1-3H3/t16-,23+/m1/s1. The number of ketones is 1. The number of carbonyl (C=O) groups is 1. The Balaban J connectivity index is 1.66. The van der Waals surface area contributed by atoms with Gasteiger partial charge in [-0.1, -0.05) is 41.6 Å². The molecule has 0 bridgehead atoms. The molecule has 0 fully saturated rings. The van der Waals surface area contributed by atoms with E-state index < -0.39 is 0 Å². The molecule has 5 rings (SSSR count). The van der Waals surface area contributed by atoms with Crippen LogP contribution >= 0.6 is 0 Å². The first-order valence-electron chi connectivity index (χ1n) is 10.4. The number of ether oxygens (including phenoxy) is 2. The summed E-state index contributed by atoms with van der Waals surface area (Å²) in [6.07, 6.45) is 1.21. The van der Waals surface area contributed by atoms with E-state index in [2.05, 4.69) is 22.6 Å². The van der Waals surface area contributed by atoms with Crippen molar-refractivity contribution in [1.82, 2.24) is 5.16 Å². The second-order valence-electron chi connectivity index (χ2n) is 8.01. The lowest BCUT2D eigenvalue weighted by molar-refractivity contribution is -0.116. The van der Waals surface area contributed by atoms with Gasteiger partial charge in [0.05, 0.1) is 31.4 Å². The van der Waals surface area contributed by atoms with Crippen LogP contribution in [0.4, 0.5) is 5.88 Å². The number of fused-ring (bicyclic) bond motifs is 1. The van der Waals surface area contributed by atoms with Gasteiger partial charge in [0.2, 0.25) is 5.88 Å². The van der Waals surface area contributed by atoms with Gasteiger partial charge in [-0.15, -0.1) is 0 Å². The molecule has 0 spiro atoms. The fourth-order valence-electron chi connectivity index (χ4n) is 4.80. The number of allylic oxidation sites excluding steroid dienone is 2. The maximum absolute atomic E-state index is 13.5. The van der Waals surface area contributed by atoms with E-state index in [0.29, 0.717) is 23.8 Å². The molecule has 1 aliphatic heterocycles. The average molecular weight is 416 g/mol. The largest absolute Gasteiger partial charge is 0.497 e. The van der Waals surface area contributed by atoms with Crippen molar-refractivity contribution in [2.75, 3.05) is 19.5 Å². The number of hydrogen-bond donors (Lipinski definition) is 1. The summed E-state index contributed by atoms with van der Waals surface area (Å²) in [5, 5.41) is 7.56. The van der Waals surface area contributed by atoms with E-state index in [4.69, 9.17) is 14.0 Å². The molecule has 1 N–H and O–H groups in total. The Labute approximate surface area is 180 Å². The normalized spacial score (nSPS) is 20.0. The molecule has 2 atom stereocenters. The summed E-state index contributed by atoms with van der Waals surface area (Å²) in [7, 11) is 3.25. The van der Waals surface area contributed by atoms with Crippen LogP contribution in [0.5, 0.6) is 11.5 Å². The van der Waals surface area contributed by atoms with Gasteiger partial charge in [0.15, 0.2) is 5.78 Å². The molecule has 1 aliphatic carbocycles. The molecule has 6 heteroatoms. The predicted octanol–water partition coefficient (Wildman–Crippen LogP) is 4.96. The fourth-order valence-corrected chi connectivity index (χ4v) is 4.80. The zero-order valence-corrected chi connectivity index (χ0v) is 17.8. The molecular formula is C25H24N2O4. The van der Waals surface area contributed by atoms with E-state index in [1.165, 1.54) is 5.56 Å². The fraction of sp³-hybridized carbons (Fsp3) is 0.280. The number of aromatic nitrogens is 1. The summed E-state index contributed by atoms with van der Waals surface area (Å²) in [6, 6.07) is 15.9. The topological polar surface area (TPSA) is 73.6 Å². The number of Topliss-reactive ketones (excluding diaryl/α,β-unsaturated/α-hetero) is 1. The molecule has 0 unspecified atom stereocenters. The monoisotopic (exact) mass is 416 g/mol. The minimum atomic E-state index is -0.303. The number of nitrogens with zero attached hydrogens (tertiary/aromatic N) is 1. The van der Waals surface area contributed by atoms with Crippen LogP contribution in [0.15, 0.2) is 64.3 Å². The number of hydrogen-bond acceptors (Lipinski definition) is 6. The Morgan fingerprint density at radius 1 is 1.06 bits per heavy atom. The van der Waals surface area contributed by atoms with Crippen LogP contribution in [0.25, 0.3) is 0 Å². The lowest BCUT2D eigenvalue weighted by atomic mass is 9.72. The molecule has 0 radical (unpaired) electrons. The van der Waals surface area contributed by atoms with Crippen LogP contribution in [0.2, 0.25) is 0 Å². The number of nitrogens with one attached hydrogen (secondary N) is 1. The van der Waals surface area contributed by atoms with Gasteiger partial charge in [-0.2, -0.15) is 0 Å². The average Bonchev–Trinajstić information content (AvgIpc) is 3.18. The maximum atomic E-state index is 13.5. The van der Waals surface area contributed by atoms with Crippen LogP contribution in [0, 0.1) is 6.92 Å². The summed E-state index contributed by atoms with van der Waals surface area (Å²) in [5.41, 5.74) is 5.38. The number of benzene rings is 2. The Kier molecular flexibility index (Phi) is 4.77. The third-order valence-corrected chi connectivity index (χ3v) is 6.28. The van der Waals surface area contributed by atoms with Crippen molar-refractivity contribution in [3.8, 4) is 11.5 Å². The van der Waals surface area contributed by atoms with Crippen LogP contribution in [0.3, 0.4) is 0 Å². The number of aryl methyl sites for hydroxylation is 1. The van der Waals surface area contributed by atoms with Gasteiger partial charge in [0.25, 0.3) is 0 Å². The number of carbonyl (C=O) groups excluding carboxylic acids is 1. The molecule has 2 aliphatic rings. The highest BCUT2D eigenvalue weighted by Crippen LogP contribution is 2.51. The van der Waals surface area contributed by atoms with Crippen molar-refractivity contribution < 1.29 is 18.8 Å². The first-order valence-corrected chi connectivity index (χ1v) is 10.4. The smallest absolute Gasteiger partial charge is 0.233 e. The Hall–Kier alpha value is -3.54. The molecule has 0 amide bonds.